The maximum atomic E-state index is 6.06. The molecule has 130 valence electrons. The Hall–Kier alpha value is -0.520. The highest BCUT2D eigenvalue weighted by Gasteiger charge is 2.36. The van der Waals surface area contributed by atoms with Crippen LogP contribution in [0.4, 0.5) is 0 Å². The summed E-state index contributed by atoms with van der Waals surface area (Å²) >= 11 is 0. The minimum Gasteiger partial charge on any atom is -0.493 e. The summed E-state index contributed by atoms with van der Waals surface area (Å²) in [6.45, 7) is 7.06. The van der Waals surface area contributed by atoms with Crippen molar-refractivity contribution in [3.05, 3.63) is 29.3 Å². The lowest BCUT2D eigenvalue weighted by atomic mass is 9.90. The van der Waals surface area contributed by atoms with E-state index in [1.165, 1.54) is 11.1 Å². The van der Waals surface area contributed by atoms with E-state index in [1.54, 1.807) is 0 Å². The molecule has 4 rings (SSSR count). The van der Waals surface area contributed by atoms with E-state index >= 15 is 0 Å². The first-order valence-corrected chi connectivity index (χ1v) is 8.15. The van der Waals surface area contributed by atoms with Gasteiger partial charge in [0.1, 0.15) is 5.75 Å². The van der Waals surface area contributed by atoms with Crippen LogP contribution in [0.2, 0.25) is 0 Å². The zero-order chi connectivity index (χ0) is 14.1. The van der Waals surface area contributed by atoms with Crippen molar-refractivity contribution in [2.75, 3.05) is 39.4 Å². The Kier molecular flexibility index (Phi) is 6.57. The molecule has 1 aromatic rings. The Morgan fingerprint density at radius 3 is 2.70 bits per heavy atom. The lowest BCUT2D eigenvalue weighted by Crippen LogP contribution is -2.55. The molecule has 0 aliphatic carbocycles. The molecule has 0 amide bonds. The third kappa shape index (κ3) is 4.12. The summed E-state index contributed by atoms with van der Waals surface area (Å²) in [4.78, 5) is 2.56. The fraction of sp³-hybridized carbons (Fsp3) is 0.647. The second kappa shape index (κ2) is 8.04. The van der Waals surface area contributed by atoms with Crippen molar-refractivity contribution in [3.8, 4) is 5.75 Å². The van der Waals surface area contributed by atoms with E-state index in [0.717, 1.165) is 70.9 Å². The summed E-state index contributed by atoms with van der Waals surface area (Å²) in [5.41, 5.74) is 2.90. The summed E-state index contributed by atoms with van der Waals surface area (Å²) in [6.07, 6.45) is 3.36. The number of nitrogens with zero attached hydrogens (tertiary/aromatic N) is 1. The number of halogens is 2. The average Bonchev–Trinajstić information content (AvgIpc) is 2.98. The first-order valence-electron chi connectivity index (χ1n) is 8.15. The average molecular weight is 361 g/mol. The van der Waals surface area contributed by atoms with Gasteiger partial charge in [-0.2, -0.15) is 0 Å². The number of likely N-dealkylation sites (tertiary alicyclic amines) is 1. The highest BCUT2D eigenvalue weighted by Crippen LogP contribution is 2.30. The van der Waals surface area contributed by atoms with Crippen LogP contribution in [0.5, 0.6) is 5.75 Å². The van der Waals surface area contributed by atoms with Crippen LogP contribution in [0.1, 0.15) is 24.0 Å². The molecule has 1 aromatic carbocycles. The predicted octanol–water partition coefficient (Wildman–Crippen LogP) is 2.42. The molecule has 0 aromatic heterocycles. The summed E-state index contributed by atoms with van der Waals surface area (Å²) in [5, 5.41) is 3.48. The van der Waals surface area contributed by atoms with E-state index in [2.05, 4.69) is 28.4 Å². The Bertz CT molecular complexity index is 511. The van der Waals surface area contributed by atoms with Gasteiger partial charge in [0.05, 0.1) is 18.8 Å². The first kappa shape index (κ1) is 18.8. The highest BCUT2D eigenvalue weighted by atomic mass is 35.5. The van der Waals surface area contributed by atoms with E-state index in [4.69, 9.17) is 9.47 Å². The number of rotatable bonds is 2. The molecule has 0 saturated carbocycles. The second-order valence-corrected chi connectivity index (χ2v) is 6.52. The Balaban J connectivity index is 0.000000960. The summed E-state index contributed by atoms with van der Waals surface area (Å²) in [7, 11) is 0. The smallest absolute Gasteiger partial charge is 0.122 e. The van der Waals surface area contributed by atoms with Crippen molar-refractivity contribution < 1.29 is 9.47 Å². The van der Waals surface area contributed by atoms with E-state index < -0.39 is 0 Å². The lowest BCUT2D eigenvalue weighted by Gasteiger charge is -2.44. The molecule has 3 heterocycles. The van der Waals surface area contributed by atoms with Crippen molar-refractivity contribution in [1.82, 2.24) is 10.2 Å². The molecule has 3 aliphatic heterocycles. The third-order valence-electron chi connectivity index (χ3n) is 5.06. The topological polar surface area (TPSA) is 33.7 Å². The van der Waals surface area contributed by atoms with Crippen molar-refractivity contribution in [2.24, 2.45) is 0 Å². The van der Waals surface area contributed by atoms with Crippen LogP contribution in [0.25, 0.3) is 0 Å². The monoisotopic (exact) mass is 360 g/mol. The number of hydrogen-bond donors (Lipinski definition) is 1. The molecule has 0 atom stereocenters. The van der Waals surface area contributed by atoms with E-state index in [1.807, 2.05) is 0 Å². The third-order valence-corrected chi connectivity index (χ3v) is 5.06. The van der Waals surface area contributed by atoms with Crippen molar-refractivity contribution >= 4 is 24.8 Å². The van der Waals surface area contributed by atoms with Gasteiger partial charge < -0.3 is 14.8 Å². The van der Waals surface area contributed by atoms with Gasteiger partial charge in [-0.25, -0.2) is 0 Å². The molecule has 3 aliphatic rings. The molecule has 4 nitrogen and oxygen atoms in total. The van der Waals surface area contributed by atoms with Gasteiger partial charge in [-0.15, -0.1) is 24.8 Å². The van der Waals surface area contributed by atoms with E-state index in [-0.39, 0.29) is 30.4 Å². The molecule has 2 saturated heterocycles. The molecule has 0 bridgehead atoms. The van der Waals surface area contributed by atoms with Gasteiger partial charge in [-0.05, 0) is 30.0 Å². The molecular formula is C17H26Cl2N2O2. The number of piperidine rings is 1. The van der Waals surface area contributed by atoms with Crippen molar-refractivity contribution in [2.45, 2.75) is 31.4 Å². The van der Waals surface area contributed by atoms with Crippen molar-refractivity contribution in [1.29, 1.82) is 0 Å². The minimum absolute atomic E-state index is 0. The summed E-state index contributed by atoms with van der Waals surface area (Å²) < 4.78 is 11.6. The maximum Gasteiger partial charge on any atom is 0.122 e. The highest BCUT2D eigenvalue weighted by molar-refractivity contribution is 5.85. The Labute approximate surface area is 150 Å². The van der Waals surface area contributed by atoms with Crippen LogP contribution in [0.3, 0.4) is 0 Å². The first-order chi connectivity index (χ1) is 10.3. The van der Waals surface area contributed by atoms with Gasteiger partial charge in [0, 0.05) is 39.1 Å². The molecule has 0 radical (unpaired) electrons. The zero-order valence-electron chi connectivity index (χ0n) is 13.4. The lowest BCUT2D eigenvalue weighted by molar-refractivity contribution is -0.100. The molecule has 23 heavy (non-hydrogen) atoms. The van der Waals surface area contributed by atoms with Gasteiger partial charge >= 0.3 is 0 Å². The zero-order valence-corrected chi connectivity index (χ0v) is 15.0. The second-order valence-electron chi connectivity index (χ2n) is 6.52. The predicted molar refractivity (Wildman–Crippen MR) is 96.2 cm³/mol. The number of fused-ring (bicyclic) bond motifs is 1. The molecule has 2 fully saturated rings. The molecule has 0 unspecified atom stereocenters. The molecule has 1 spiro atoms. The number of benzene rings is 1. The SMILES string of the molecule is Cl.Cl.c1cc2c(cc1CN1CCC3(CC1)CNCCO3)CCO2. The normalized spacial score (nSPS) is 22.6. The minimum atomic E-state index is 0. The van der Waals surface area contributed by atoms with E-state index in [0.29, 0.717) is 0 Å². The fourth-order valence-electron chi connectivity index (χ4n) is 3.74. The van der Waals surface area contributed by atoms with Gasteiger partial charge in [-0.1, -0.05) is 12.1 Å². The van der Waals surface area contributed by atoms with E-state index in [9.17, 15) is 0 Å². The van der Waals surface area contributed by atoms with Gasteiger partial charge in [0.25, 0.3) is 0 Å². The van der Waals surface area contributed by atoms with Gasteiger partial charge in [-0.3, -0.25) is 4.90 Å². The number of hydrogen-bond acceptors (Lipinski definition) is 4. The molecule has 6 heteroatoms. The summed E-state index contributed by atoms with van der Waals surface area (Å²) in [6, 6.07) is 6.68. The van der Waals surface area contributed by atoms with Crippen LogP contribution in [-0.2, 0) is 17.7 Å². The van der Waals surface area contributed by atoms with Crippen molar-refractivity contribution in [3.63, 3.8) is 0 Å². The maximum absolute atomic E-state index is 6.06. The molecular weight excluding hydrogens is 335 g/mol. The standard InChI is InChI=1S/C17H24N2O2.2ClH/c1-2-16-15(3-9-20-16)11-14(1)12-19-7-4-17(5-8-19)13-18-6-10-21-17;;/h1-2,11,18H,3-10,12-13H2;2*1H. The molecule has 1 N–H and O–H groups in total. The van der Waals surface area contributed by atoms with Crippen LogP contribution in [0, 0.1) is 0 Å². The number of morpholine rings is 1. The largest absolute Gasteiger partial charge is 0.493 e. The Morgan fingerprint density at radius 2 is 1.96 bits per heavy atom. The summed E-state index contributed by atoms with van der Waals surface area (Å²) in [5.74, 6) is 1.08. The van der Waals surface area contributed by atoms with Crippen LogP contribution in [0.15, 0.2) is 18.2 Å². The number of ether oxygens (including phenoxy) is 2. The van der Waals surface area contributed by atoms with Gasteiger partial charge in [0.15, 0.2) is 0 Å². The van der Waals surface area contributed by atoms with Crippen LogP contribution < -0.4 is 10.1 Å². The fourth-order valence-corrected chi connectivity index (χ4v) is 3.74. The van der Waals surface area contributed by atoms with Crippen LogP contribution in [-0.4, -0.2) is 49.9 Å². The quantitative estimate of drug-likeness (QED) is 0.877. The van der Waals surface area contributed by atoms with Gasteiger partial charge in [0.2, 0.25) is 0 Å². The Morgan fingerprint density at radius 1 is 1.13 bits per heavy atom. The number of nitrogens with one attached hydrogen (secondary N) is 1. The van der Waals surface area contributed by atoms with Crippen LogP contribution >= 0.6 is 24.8 Å².